The Morgan fingerprint density at radius 2 is 2.20 bits per heavy atom. The summed E-state index contributed by atoms with van der Waals surface area (Å²) in [5, 5.41) is 11.2. The minimum absolute atomic E-state index is 0.0210. The zero-order chi connectivity index (χ0) is 15.0. The normalized spacial score (nSPS) is 18.4. The largest absolute Gasteiger partial charge is 0.369 e. The zero-order valence-corrected chi connectivity index (χ0v) is 12.2. The third-order valence-electron chi connectivity index (χ3n) is 3.18. The third kappa shape index (κ3) is 2.51. The number of carbonyl (C=O) groups is 2. The van der Waals surface area contributed by atoms with E-state index in [1.165, 1.54) is 11.0 Å². The van der Waals surface area contributed by atoms with Crippen molar-refractivity contribution in [3.8, 4) is 0 Å². The molecule has 1 aromatic carbocycles. The maximum atomic E-state index is 12.0. The lowest BCUT2D eigenvalue weighted by Gasteiger charge is -2.18. The van der Waals surface area contributed by atoms with Crippen molar-refractivity contribution in [2.24, 2.45) is 11.7 Å². The predicted molar refractivity (Wildman–Crippen MR) is 75.2 cm³/mol. The van der Waals surface area contributed by atoms with Crippen molar-refractivity contribution >= 4 is 39.1 Å². The second kappa shape index (κ2) is 5.20. The van der Waals surface area contributed by atoms with Gasteiger partial charge in [-0.25, -0.2) is 0 Å². The van der Waals surface area contributed by atoms with E-state index in [9.17, 15) is 19.7 Å². The Bertz CT molecular complexity index is 617. The number of nitro groups is 1. The number of rotatable bonds is 3. The molecule has 1 aromatic rings. The van der Waals surface area contributed by atoms with Gasteiger partial charge in [0.1, 0.15) is 5.69 Å². The maximum absolute atomic E-state index is 12.0. The molecule has 1 saturated heterocycles. The van der Waals surface area contributed by atoms with Gasteiger partial charge < -0.3 is 10.6 Å². The van der Waals surface area contributed by atoms with Crippen LogP contribution in [0, 0.1) is 23.0 Å². The highest BCUT2D eigenvalue weighted by molar-refractivity contribution is 9.10. The van der Waals surface area contributed by atoms with Crippen molar-refractivity contribution in [1.29, 1.82) is 0 Å². The van der Waals surface area contributed by atoms with E-state index in [0.29, 0.717) is 10.0 Å². The number of aryl methyl sites for hydroxylation is 1. The van der Waals surface area contributed by atoms with E-state index in [2.05, 4.69) is 15.9 Å². The molecule has 2 rings (SSSR count). The fourth-order valence-corrected chi connectivity index (χ4v) is 3.02. The molecule has 0 spiro atoms. The molecule has 1 unspecified atom stereocenters. The van der Waals surface area contributed by atoms with Crippen molar-refractivity contribution in [1.82, 2.24) is 0 Å². The first-order valence-corrected chi connectivity index (χ1v) is 6.64. The number of benzene rings is 1. The van der Waals surface area contributed by atoms with E-state index in [1.54, 1.807) is 13.0 Å². The second-order valence-corrected chi connectivity index (χ2v) is 5.53. The summed E-state index contributed by atoms with van der Waals surface area (Å²) in [5.74, 6) is -1.54. The van der Waals surface area contributed by atoms with Gasteiger partial charge in [-0.15, -0.1) is 0 Å². The topological polar surface area (TPSA) is 107 Å². The van der Waals surface area contributed by atoms with Gasteiger partial charge in [0.15, 0.2) is 0 Å². The molecule has 1 atom stereocenters. The number of anilines is 1. The van der Waals surface area contributed by atoms with E-state index in [1.807, 2.05) is 0 Å². The van der Waals surface area contributed by atoms with E-state index >= 15 is 0 Å². The van der Waals surface area contributed by atoms with Gasteiger partial charge in [0.2, 0.25) is 11.8 Å². The average Bonchev–Trinajstić information content (AvgIpc) is 2.70. The van der Waals surface area contributed by atoms with Crippen LogP contribution >= 0.6 is 15.9 Å². The van der Waals surface area contributed by atoms with Crippen LogP contribution in [0.5, 0.6) is 0 Å². The standard InChI is InChI=1S/C12H12BrN3O4/c1-6-2-8(13)11(9(3-6)16(19)20)15-5-7(12(14)18)4-10(15)17/h2-3,7H,4-5H2,1H3,(H2,14,18). The molecule has 0 radical (unpaired) electrons. The molecule has 0 saturated carbocycles. The Labute approximate surface area is 123 Å². The molecule has 7 nitrogen and oxygen atoms in total. The number of carbonyl (C=O) groups excluding carboxylic acids is 2. The average molecular weight is 342 g/mol. The van der Waals surface area contributed by atoms with Gasteiger partial charge in [-0.3, -0.25) is 19.7 Å². The van der Waals surface area contributed by atoms with Crippen molar-refractivity contribution in [3.63, 3.8) is 0 Å². The summed E-state index contributed by atoms with van der Waals surface area (Å²) in [4.78, 5) is 35.0. The monoisotopic (exact) mass is 341 g/mol. The van der Waals surface area contributed by atoms with Crippen LogP contribution in [-0.2, 0) is 9.59 Å². The van der Waals surface area contributed by atoms with Gasteiger partial charge in [-0.1, -0.05) is 0 Å². The molecule has 1 aliphatic heterocycles. The van der Waals surface area contributed by atoms with Crippen LogP contribution in [0.3, 0.4) is 0 Å². The highest BCUT2D eigenvalue weighted by Crippen LogP contribution is 2.39. The van der Waals surface area contributed by atoms with Gasteiger partial charge in [-0.2, -0.15) is 0 Å². The minimum Gasteiger partial charge on any atom is -0.369 e. The SMILES string of the molecule is Cc1cc(Br)c(N2CC(C(N)=O)CC2=O)c([N+](=O)[O-])c1. The lowest BCUT2D eigenvalue weighted by atomic mass is 10.1. The summed E-state index contributed by atoms with van der Waals surface area (Å²) in [7, 11) is 0. The Morgan fingerprint density at radius 1 is 1.55 bits per heavy atom. The molecule has 0 aromatic heterocycles. The molecular formula is C12H12BrN3O4. The van der Waals surface area contributed by atoms with Gasteiger partial charge in [0, 0.05) is 23.5 Å². The van der Waals surface area contributed by atoms with Gasteiger partial charge in [-0.05, 0) is 34.5 Å². The summed E-state index contributed by atoms with van der Waals surface area (Å²) in [6.07, 6.45) is -0.0210. The number of nitro benzene ring substituents is 1. The fraction of sp³-hybridized carbons (Fsp3) is 0.333. The Morgan fingerprint density at radius 3 is 2.70 bits per heavy atom. The lowest BCUT2D eigenvalue weighted by Crippen LogP contribution is -2.29. The Balaban J connectivity index is 2.50. The van der Waals surface area contributed by atoms with Crippen LogP contribution in [0.4, 0.5) is 11.4 Å². The van der Waals surface area contributed by atoms with Crippen LogP contribution in [0.15, 0.2) is 16.6 Å². The highest BCUT2D eigenvalue weighted by atomic mass is 79.9. The molecule has 1 aliphatic rings. The van der Waals surface area contributed by atoms with Crippen LogP contribution in [0.25, 0.3) is 0 Å². The molecule has 1 fully saturated rings. The van der Waals surface area contributed by atoms with Crippen molar-refractivity contribution in [2.45, 2.75) is 13.3 Å². The summed E-state index contributed by atoms with van der Waals surface area (Å²) >= 11 is 3.25. The molecule has 0 bridgehead atoms. The summed E-state index contributed by atoms with van der Waals surface area (Å²) in [5.41, 5.74) is 5.90. The number of hydrogen-bond donors (Lipinski definition) is 1. The molecule has 8 heteroatoms. The highest BCUT2D eigenvalue weighted by Gasteiger charge is 2.38. The number of halogens is 1. The maximum Gasteiger partial charge on any atom is 0.294 e. The summed E-state index contributed by atoms with van der Waals surface area (Å²) < 4.78 is 0.447. The first-order chi connectivity index (χ1) is 9.31. The van der Waals surface area contributed by atoms with Gasteiger partial charge in [0.25, 0.3) is 5.69 Å². The predicted octanol–water partition coefficient (Wildman–Crippen LogP) is 1.50. The van der Waals surface area contributed by atoms with E-state index < -0.39 is 16.7 Å². The molecule has 0 aliphatic carbocycles. The Hall–Kier alpha value is -1.96. The molecular weight excluding hydrogens is 330 g/mol. The molecule has 1 heterocycles. The third-order valence-corrected chi connectivity index (χ3v) is 3.79. The van der Waals surface area contributed by atoms with Crippen LogP contribution in [0.1, 0.15) is 12.0 Å². The van der Waals surface area contributed by atoms with Crippen LogP contribution in [-0.4, -0.2) is 23.3 Å². The first-order valence-electron chi connectivity index (χ1n) is 5.85. The van der Waals surface area contributed by atoms with Gasteiger partial charge >= 0.3 is 0 Å². The van der Waals surface area contributed by atoms with Crippen LogP contribution in [0.2, 0.25) is 0 Å². The van der Waals surface area contributed by atoms with Crippen LogP contribution < -0.4 is 10.6 Å². The van der Waals surface area contributed by atoms with Crippen molar-refractivity contribution in [2.75, 3.05) is 11.4 Å². The minimum atomic E-state index is -0.615. The number of nitrogens with zero attached hydrogens (tertiary/aromatic N) is 2. The summed E-state index contributed by atoms with van der Waals surface area (Å²) in [6, 6.07) is 3.08. The quantitative estimate of drug-likeness (QED) is 0.663. The number of primary amides is 1. The second-order valence-electron chi connectivity index (χ2n) is 4.68. The Kier molecular flexibility index (Phi) is 3.76. The van der Waals surface area contributed by atoms with E-state index in [-0.39, 0.29) is 30.2 Å². The molecule has 2 amide bonds. The number of nitrogens with two attached hydrogens (primary N) is 1. The molecule has 20 heavy (non-hydrogen) atoms. The lowest BCUT2D eigenvalue weighted by molar-refractivity contribution is -0.384. The van der Waals surface area contributed by atoms with Crippen molar-refractivity contribution < 1.29 is 14.5 Å². The first kappa shape index (κ1) is 14.4. The zero-order valence-electron chi connectivity index (χ0n) is 10.6. The smallest absolute Gasteiger partial charge is 0.294 e. The van der Waals surface area contributed by atoms with Crippen molar-refractivity contribution in [3.05, 3.63) is 32.3 Å². The van der Waals surface area contributed by atoms with E-state index in [0.717, 1.165) is 0 Å². The fourth-order valence-electron chi connectivity index (χ4n) is 2.24. The van der Waals surface area contributed by atoms with Gasteiger partial charge in [0.05, 0.1) is 10.8 Å². The summed E-state index contributed by atoms with van der Waals surface area (Å²) in [6.45, 7) is 1.79. The molecule has 2 N–H and O–H groups in total. The van der Waals surface area contributed by atoms with E-state index in [4.69, 9.17) is 5.73 Å². The number of hydrogen-bond acceptors (Lipinski definition) is 4. The molecule has 106 valence electrons. The number of amides is 2.